The summed E-state index contributed by atoms with van der Waals surface area (Å²) in [5.74, 6) is 2.34. The van der Waals surface area contributed by atoms with Gasteiger partial charge in [0, 0.05) is 49.6 Å². The molecule has 7 heteroatoms. The minimum atomic E-state index is 0. The summed E-state index contributed by atoms with van der Waals surface area (Å²) in [6.45, 7) is 4.76. The number of halogens is 2. The molecular weight excluding hydrogens is 365 g/mol. The first kappa shape index (κ1) is 23.5. The smallest absolute Gasteiger partial charge is 0.221 e. The molecule has 2 N–H and O–H groups in total. The number of amides is 1. The fourth-order valence-electron chi connectivity index (χ4n) is 2.49. The summed E-state index contributed by atoms with van der Waals surface area (Å²) in [6, 6.07) is 11.1. The molecule has 2 unspecified atom stereocenters. The molecule has 0 saturated carbocycles. The van der Waals surface area contributed by atoms with Crippen molar-refractivity contribution in [3.8, 4) is 0 Å². The highest BCUT2D eigenvalue weighted by molar-refractivity contribution is 7.99. The fraction of sp³-hybridized carbons (Fsp3) is 0.588. The quantitative estimate of drug-likeness (QED) is 0.746. The van der Waals surface area contributed by atoms with E-state index in [1.807, 2.05) is 17.8 Å². The molecule has 1 heterocycles. The summed E-state index contributed by atoms with van der Waals surface area (Å²) in [5, 5.41) is 6.47. The second kappa shape index (κ2) is 12.8. The molecule has 138 valence electrons. The van der Waals surface area contributed by atoms with Crippen LogP contribution in [-0.4, -0.2) is 54.5 Å². The first-order chi connectivity index (χ1) is 10.6. The van der Waals surface area contributed by atoms with Gasteiger partial charge in [-0.05, 0) is 19.5 Å². The Morgan fingerprint density at radius 1 is 1.38 bits per heavy atom. The van der Waals surface area contributed by atoms with E-state index >= 15 is 0 Å². The van der Waals surface area contributed by atoms with E-state index in [1.165, 1.54) is 5.56 Å². The maximum Gasteiger partial charge on any atom is 0.221 e. The van der Waals surface area contributed by atoms with E-state index in [0.717, 1.165) is 24.6 Å². The van der Waals surface area contributed by atoms with Crippen LogP contribution in [0, 0.1) is 0 Å². The number of benzene rings is 1. The van der Waals surface area contributed by atoms with Gasteiger partial charge in [-0.15, -0.1) is 24.8 Å². The van der Waals surface area contributed by atoms with Crippen molar-refractivity contribution in [2.24, 2.45) is 0 Å². The van der Waals surface area contributed by atoms with Crippen molar-refractivity contribution in [1.82, 2.24) is 15.5 Å². The van der Waals surface area contributed by atoms with Gasteiger partial charge in [0.1, 0.15) is 0 Å². The van der Waals surface area contributed by atoms with Crippen LogP contribution in [0.15, 0.2) is 30.3 Å². The number of hydrogen-bond donors (Lipinski definition) is 2. The minimum absolute atomic E-state index is 0. The normalized spacial score (nSPS) is 18.2. The van der Waals surface area contributed by atoms with E-state index in [2.05, 4.69) is 53.8 Å². The highest BCUT2D eigenvalue weighted by atomic mass is 35.5. The molecule has 1 fully saturated rings. The molecule has 0 spiro atoms. The second-order valence-corrected chi connectivity index (χ2v) is 7.13. The van der Waals surface area contributed by atoms with Crippen LogP contribution in [0.5, 0.6) is 0 Å². The molecule has 0 aromatic heterocycles. The molecular formula is C17H29Cl2N3OS. The van der Waals surface area contributed by atoms with Gasteiger partial charge in [-0.3, -0.25) is 9.69 Å². The van der Waals surface area contributed by atoms with Crippen LogP contribution in [0.3, 0.4) is 0 Å². The molecule has 1 saturated heterocycles. The second-order valence-electron chi connectivity index (χ2n) is 5.98. The van der Waals surface area contributed by atoms with Gasteiger partial charge in [-0.1, -0.05) is 30.3 Å². The molecule has 1 amide bonds. The zero-order chi connectivity index (χ0) is 15.8. The standard InChI is InChI=1S/C17H27N3OS.2ClH/c1-14(20(2)12-15-6-4-3-5-7-15)11-19-17(21)10-16-13-22-9-8-18-16;;/h3-7,14,16,18H,8-13H2,1-2H3,(H,19,21);2*1H. The lowest BCUT2D eigenvalue weighted by atomic mass is 10.2. The van der Waals surface area contributed by atoms with E-state index in [0.29, 0.717) is 25.0 Å². The van der Waals surface area contributed by atoms with E-state index in [-0.39, 0.29) is 30.7 Å². The van der Waals surface area contributed by atoms with Crippen molar-refractivity contribution in [3.63, 3.8) is 0 Å². The Balaban J connectivity index is 0.00000264. The number of hydrogen-bond acceptors (Lipinski definition) is 4. The van der Waals surface area contributed by atoms with E-state index < -0.39 is 0 Å². The molecule has 24 heavy (non-hydrogen) atoms. The van der Waals surface area contributed by atoms with Crippen LogP contribution in [0.4, 0.5) is 0 Å². The van der Waals surface area contributed by atoms with Gasteiger partial charge in [0.2, 0.25) is 5.91 Å². The summed E-state index contributed by atoms with van der Waals surface area (Å²) in [7, 11) is 2.10. The molecule has 0 aliphatic carbocycles. The Labute approximate surface area is 162 Å². The number of nitrogens with zero attached hydrogens (tertiary/aromatic N) is 1. The minimum Gasteiger partial charge on any atom is -0.354 e. The summed E-state index contributed by atoms with van der Waals surface area (Å²) < 4.78 is 0. The van der Waals surface area contributed by atoms with Gasteiger partial charge in [-0.25, -0.2) is 0 Å². The summed E-state index contributed by atoms with van der Waals surface area (Å²) >= 11 is 1.92. The van der Waals surface area contributed by atoms with Crippen LogP contribution < -0.4 is 10.6 Å². The largest absolute Gasteiger partial charge is 0.354 e. The number of carbonyl (C=O) groups is 1. The molecule has 4 nitrogen and oxygen atoms in total. The average Bonchev–Trinajstić information content (AvgIpc) is 2.54. The summed E-state index contributed by atoms with van der Waals surface area (Å²) in [6.07, 6.45) is 0.585. The van der Waals surface area contributed by atoms with Crippen LogP contribution in [-0.2, 0) is 11.3 Å². The topological polar surface area (TPSA) is 44.4 Å². The van der Waals surface area contributed by atoms with Crippen molar-refractivity contribution in [3.05, 3.63) is 35.9 Å². The summed E-state index contributed by atoms with van der Waals surface area (Å²) in [5.41, 5.74) is 1.30. The highest BCUT2D eigenvalue weighted by Gasteiger charge is 2.17. The molecule has 1 aliphatic heterocycles. The van der Waals surface area contributed by atoms with Crippen molar-refractivity contribution < 1.29 is 4.79 Å². The maximum atomic E-state index is 12.0. The molecule has 1 aromatic carbocycles. The molecule has 2 atom stereocenters. The van der Waals surface area contributed by atoms with E-state index in [9.17, 15) is 4.79 Å². The van der Waals surface area contributed by atoms with E-state index in [1.54, 1.807) is 0 Å². The number of thioether (sulfide) groups is 1. The zero-order valence-electron chi connectivity index (χ0n) is 14.4. The predicted molar refractivity (Wildman–Crippen MR) is 109 cm³/mol. The number of carbonyl (C=O) groups excluding carboxylic acids is 1. The fourth-order valence-corrected chi connectivity index (χ4v) is 3.44. The Morgan fingerprint density at radius 2 is 2.08 bits per heavy atom. The lowest BCUT2D eigenvalue weighted by Gasteiger charge is -2.26. The third kappa shape index (κ3) is 8.58. The van der Waals surface area contributed by atoms with Crippen molar-refractivity contribution >= 4 is 42.5 Å². The first-order valence-electron chi connectivity index (χ1n) is 7.97. The molecule has 0 bridgehead atoms. The molecule has 0 radical (unpaired) electrons. The lowest BCUT2D eigenvalue weighted by Crippen LogP contribution is -2.44. The SMILES string of the molecule is CC(CNC(=O)CC1CSCCN1)N(C)Cc1ccccc1.Cl.Cl. The summed E-state index contributed by atoms with van der Waals surface area (Å²) in [4.78, 5) is 14.3. The third-order valence-corrected chi connectivity index (χ3v) is 5.18. The Hall–Kier alpha value is -0.460. The third-order valence-electron chi connectivity index (χ3n) is 4.05. The van der Waals surface area contributed by atoms with Gasteiger partial charge in [0.05, 0.1) is 0 Å². The Morgan fingerprint density at radius 3 is 2.71 bits per heavy atom. The first-order valence-corrected chi connectivity index (χ1v) is 9.12. The van der Waals surface area contributed by atoms with Crippen LogP contribution in [0.1, 0.15) is 18.9 Å². The number of likely N-dealkylation sites (N-methyl/N-ethyl adjacent to an activating group) is 1. The van der Waals surface area contributed by atoms with Gasteiger partial charge >= 0.3 is 0 Å². The zero-order valence-corrected chi connectivity index (χ0v) is 16.8. The Bertz CT molecular complexity index is 458. The van der Waals surface area contributed by atoms with Crippen LogP contribution in [0.25, 0.3) is 0 Å². The lowest BCUT2D eigenvalue weighted by molar-refractivity contribution is -0.121. The van der Waals surface area contributed by atoms with Gasteiger partial charge in [0.15, 0.2) is 0 Å². The number of rotatable bonds is 7. The van der Waals surface area contributed by atoms with Crippen LogP contribution >= 0.6 is 36.6 Å². The van der Waals surface area contributed by atoms with Crippen molar-refractivity contribution in [2.75, 3.05) is 31.6 Å². The highest BCUT2D eigenvalue weighted by Crippen LogP contribution is 2.10. The van der Waals surface area contributed by atoms with Crippen LogP contribution in [0.2, 0.25) is 0 Å². The number of nitrogens with one attached hydrogen (secondary N) is 2. The van der Waals surface area contributed by atoms with Gasteiger partial charge in [-0.2, -0.15) is 11.8 Å². The molecule has 2 rings (SSSR count). The predicted octanol–water partition coefficient (Wildman–Crippen LogP) is 2.56. The van der Waals surface area contributed by atoms with Gasteiger partial charge < -0.3 is 10.6 Å². The van der Waals surface area contributed by atoms with Crippen molar-refractivity contribution in [1.29, 1.82) is 0 Å². The molecule has 1 aromatic rings. The average molecular weight is 394 g/mol. The maximum absolute atomic E-state index is 12.0. The molecule has 1 aliphatic rings. The van der Waals surface area contributed by atoms with E-state index in [4.69, 9.17) is 0 Å². The monoisotopic (exact) mass is 393 g/mol. The van der Waals surface area contributed by atoms with Gasteiger partial charge in [0.25, 0.3) is 0 Å². The Kier molecular flexibility index (Phi) is 12.6. The van der Waals surface area contributed by atoms with Crippen molar-refractivity contribution in [2.45, 2.75) is 32.0 Å².